The molecule has 0 aliphatic rings. The number of rotatable bonds is 12. The fourth-order valence-electron chi connectivity index (χ4n) is 3.25. The van der Waals surface area contributed by atoms with Gasteiger partial charge in [0.1, 0.15) is 0 Å². The molecular weight excluding hydrogens is 308 g/mol. The summed E-state index contributed by atoms with van der Waals surface area (Å²) in [5.41, 5.74) is 0.417. The zero-order valence-electron chi connectivity index (χ0n) is 19.6. The summed E-state index contributed by atoms with van der Waals surface area (Å²) in [5, 5.41) is 0. The molecule has 0 aromatic carbocycles. The van der Waals surface area contributed by atoms with E-state index in [4.69, 9.17) is 9.47 Å². The van der Waals surface area contributed by atoms with Crippen molar-refractivity contribution in [2.75, 3.05) is 13.2 Å². The first kappa shape index (κ1) is 24.9. The van der Waals surface area contributed by atoms with Gasteiger partial charge in [0.05, 0.1) is 24.4 Å². The van der Waals surface area contributed by atoms with E-state index in [0.717, 1.165) is 26.1 Å². The summed E-state index contributed by atoms with van der Waals surface area (Å²) in [6.45, 7) is 29.0. The van der Waals surface area contributed by atoms with Crippen LogP contribution in [-0.4, -0.2) is 24.4 Å². The molecule has 0 saturated carbocycles. The second-order valence-electron chi connectivity index (χ2n) is 10.5. The van der Waals surface area contributed by atoms with E-state index >= 15 is 0 Å². The van der Waals surface area contributed by atoms with Gasteiger partial charge in [0.15, 0.2) is 0 Å². The van der Waals surface area contributed by atoms with Gasteiger partial charge in [0.25, 0.3) is 0 Å². The van der Waals surface area contributed by atoms with Crippen LogP contribution in [0.2, 0.25) is 0 Å². The molecule has 0 saturated heterocycles. The lowest BCUT2D eigenvalue weighted by atomic mass is 9.52. The molecule has 0 N–H and O–H groups in total. The third-order valence-corrected chi connectivity index (χ3v) is 7.63. The topological polar surface area (TPSA) is 18.5 Å². The quantitative estimate of drug-likeness (QED) is 0.366. The van der Waals surface area contributed by atoms with Crippen LogP contribution >= 0.6 is 0 Å². The lowest BCUT2D eigenvalue weighted by Gasteiger charge is -2.54. The highest BCUT2D eigenvalue weighted by Crippen LogP contribution is 2.55. The van der Waals surface area contributed by atoms with Crippen molar-refractivity contribution in [3.63, 3.8) is 0 Å². The molecule has 0 unspecified atom stereocenters. The van der Waals surface area contributed by atoms with E-state index in [-0.39, 0.29) is 22.0 Å². The van der Waals surface area contributed by atoms with E-state index < -0.39 is 0 Å². The van der Waals surface area contributed by atoms with E-state index in [1.54, 1.807) is 0 Å². The summed E-state index contributed by atoms with van der Waals surface area (Å²) in [7, 11) is 0. The molecule has 0 heterocycles. The van der Waals surface area contributed by atoms with Crippen LogP contribution in [0.25, 0.3) is 0 Å². The Morgan fingerprint density at radius 1 is 0.600 bits per heavy atom. The lowest BCUT2D eigenvalue weighted by molar-refractivity contribution is -0.134. The predicted octanol–water partition coefficient (Wildman–Crippen LogP) is 7.26. The highest BCUT2D eigenvalue weighted by atomic mass is 16.5. The highest BCUT2D eigenvalue weighted by molar-refractivity contribution is 4.97. The van der Waals surface area contributed by atoms with Gasteiger partial charge in [-0.1, -0.05) is 68.2 Å². The van der Waals surface area contributed by atoms with Crippen LogP contribution in [0, 0.1) is 16.2 Å². The molecule has 0 radical (unpaired) electrons. The van der Waals surface area contributed by atoms with Crippen molar-refractivity contribution >= 4 is 0 Å². The Bertz CT molecular complexity index is 387. The Hall–Kier alpha value is -0.0800. The smallest absolute Gasteiger partial charge is 0.0648 e. The number of ether oxygens (including phenoxy) is 2. The minimum atomic E-state index is -0.161. The maximum Gasteiger partial charge on any atom is 0.0648 e. The first-order chi connectivity index (χ1) is 11.1. The molecule has 0 aliphatic heterocycles. The van der Waals surface area contributed by atoms with Crippen molar-refractivity contribution < 1.29 is 9.47 Å². The van der Waals surface area contributed by atoms with Crippen molar-refractivity contribution in [2.24, 2.45) is 16.2 Å². The Morgan fingerprint density at radius 3 is 1.48 bits per heavy atom. The average molecular weight is 357 g/mol. The van der Waals surface area contributed by atoms with Crippen molar-refractivity contribution in [3.05, 3.63) is 0 Å². The molecule has 0 spiro atoms. The van der Waals surface area contributed by atoms with Gasteiger partial charge in [-0.2, -0.15) is 0 Å². The zero-order chi connectivity index (χ0) is 20.2. The van der Waals surface area contributed by atoms with Crippen LogP contribution in [0.5, 0.6) is 0 Å². The SMILES string of the molecule is CCC(C)(C)OCCC(C)(C)OCC(C)(C)C(C)(C)C(C)(CC)CC. The largest absolute Gasteiger partial charge is 0.375 e. The van der Waals surface area contributed by atoms with Crippen LogP contribution < -0.4 is 0 Å². The number of hydrogen-bond acceptors (Lipinski definition) is 2. The summed E-state index contributed by atoms with van der Waals surface area (Å²) >= 11 is 0. The fraction of sp³-hybridized carbons (Fsp3) is 1.00. The molecule has 25 heavy (non-hydrogen) atoms. The third kappa shape index (κ3) is 6.54. The van der Waals surface area contributed by atoms with Gasteiger partial charge in [-0.3, -0.25) is 0 Å². The molecule has 152 valence electrons. The fourth-order valence-corrected chi connectivity index (χ4v) is 3.25. The molecule has 0 aromatic heterocycles. The minimum Gasteiger partial charge on any atom is -0.375 e. The van der Waals surface area contributed by atoms with Gasteiger partial charge in [-0.15, -0.1) is 0 Å². The summed E-state index contributed by atoms with van der Waals surface area (Å²) in [6.07, 6.45) is 4.35. The van der Waals surface area contributed by atoms with Gasteiger partial charge in [-0.05, 0) is 56.8 Å². The Morgan fingerprint density at radius 2 is 1.08 bits per heavy atom. The van der Waals surface area contributed by atoms with Crippen LogP contribution in [-0.2, 0) is 9.47 Å². The monoisotopic (exact) mass is 356 g/mol. The molecule has 2 nitrogen and oxygen atoms in total. The van der Waals surface area contributed by atoms with Crippen molar-refractivity contribution in [1.29, 1.82) is 0 Å². The minimum absolute atomic E-state index is 0.0403. The molecule has 2 heteroatoms. The Kier molecular flexibility index (Phi) is 8.71. The van der Waals surface area contributed by atoms with Crippen LogP contribution in [0.1, 0.15) is 109 Å². The second kappa shape index (κ2) is 8.74. The van der Waals surface area contributed by atoms with Gasteiger partial charge in [-0.25, -0.2) is 0 Å². The molecule has 0 fully saturated rings. The first-order valence-electron chi connectivity index (χ1n) is 10.4. The standard InChI is InChI=1S/C23H48O2/c1-13-20(6,7)24-17-16-21(8,9)25-18-19(4,5)22(10,11)23(12,14-2)15-3/h13-18H2,1-12H3. The van der Waals surface area contributed by atoms with Crippen LogP contribution in [0.3, 0.4) is 0 Å². The summed E-state index contributed by atoms with van der Waals surface area (Å²) in [5.74, 6) is 0. The zero-order valence-corrected chi connectivity index (χ0v) is 19.6. The molecule has 0 bridgehead atoms. The normalized spacial score (nSPS) is 14.9. The molecule has 0 aliphatic carbocycles. The predicted molar refractivity (Wildman–Crippen MR) is 111 cm³/mol. The van der Waals surface area contributed by atoms with E-state index in [1.807, 2.05) is 0 Å². The average Bonchev–Trinajstić information content (AvgIpc) is 2.51. The molecular formula is C23H48O2. The number of hydrogen-bond donors (Lipinski definition) is 0. The molecule has 0 amide bonds. The van der Waals surface area contributed by atoms with E-state index in [2.05, 4.69) is 83.1 Å². The van der Waals surface area contributed by atoms with Gasteiger partial charge in [0.2, 0.25) is 0 Å². The maximum atomic E-state index is 6.43. The summed E-state index contributed by atoms with van der Waals surface area (Å²) in [4.78, 5) is 0. The van der Waals surface area contributed by atoms with Crippen LogP contribution in [0.4, 0.5) is 0 Å². The first-order valence-corrected chi connectivity index (χ1v) is 10.4. The summed E-state index contributed by atoms with van der Waals surface area (Å²) in [6, 6.07) is 0. The van der Waals surface area contributed by atoms with Crippen molar-refractivity contribution in [2.45, 2.75) is 120 Å². The van der Waals surface area contributed by atoms with Gasteiger partial charge >= 0.3 is 0 Å². The third-order valence-electron chi connectivity index (χ3n) is 7.63. The van der Waals surface area contributed by atoms with Gasteiger partial charge < -0.3 is 9.47 Å². The Balaban J connectivity index is 4.85. The Labute approximate surface area is 159 Å². The molecule has 0 atom stereocenters. The van der Waals surface area contributed by atoms with Gasteiger partial charge in [0, 0.05) is 0 Å². The maximum absolute atomic E-state index is 6.43. The van der Waals surface area contributed by atoms with Crippen LogP contribution in [0.15, 0.2) is 0 Å². The lowest BCUT2D eigenvalue weighted by Crippen LogP contribution is -2.49. The van der Waals surface area contributed by atoms with E-state index in [1.165, 1.54) is 12.8 Å². The highest BCUT2D eigenvalue weighted by Gasteiger charge is 2.49. The van der Waals surface area contributed by atoms with Crippen molar-refractivity contribution in [1.82, 2.24) is 0 Å². The summed E-state index contributed by atoms with van der Waals surface area (Å²) < 4.78 is 12.5. The molecule has 0 rings (SSSR count). The second-order valence-corrected chi connectivity index (χ2v) is 10.5. The van der Waals surface area contributed by atoms with Crippen molar-refractivity contribution in [3.8, 4) is 0 Å². The molecule has 0 aromatic rings. The van der Waals surface area contributed by atoms with E-state index in [0.29, 0.717) is 5.41 Å². The van der Waals surface area contributed by atoms with E-state index in [9.17, 15) is 0 Å².